The summed E-state index contributed by atoms with van der Waals surface area (Å²) in [5.41, 5.74) is 1.72. The van der Waals surface area contributed by atoms with E-state index in [4.69, 9.17) is 16.3 Å². The Labute approximate surface area is 127 Å². The third-order valence-corrected chi connectivity index (χ3v) is 2.99. The van der Waals surface area contributed by atoms with Crippen LogP contribution in [0.3, 0.4) is 0 Å². The van der Waals surface area contributed by atoms with Crippen molar-refractivity contribution in [3.05, 3.63) is 71.5 Å². The standard InChI is InChI=1S/C16H12ClN3O/c17-14-10-15(21-11-12-6-2-1-3-7-12)20-16(19-14)13-8-4-5-9-18-13/h1-10H,11H2. The predicted molar refractivity (Wildman–Crippen MR) is 81.0 cm³/mol. The molecule has 104 valence electrons. The molecule has 0 saturated heterocycles. The Morgan fingerprint density at radius 1 is 0.952 bits per heavy atom. The smallest absolute Gasteiger partial charge is 0.218 e. The summed E-state index contributed by atoms with van der Waals surface area (Å²) in [6, 6.07) is 17.0. The summed E-state index contributed by atoms with van der Waals surface area (Å²) in [6.45, 7) is 0.426. The van der Waals surface area contributed by atoms with Crippen molar-refractivity contribution in [1.82, 2.24) is 15.0 Å². The SMILES string of the molecule is Clc1cc(OCc2ccccc2)nc(-c2ccccn2)n1. The third-order valence-electron chi connectivity index (χ3n) is 2.79. The van der Waals surface area contributed by atoms with Gasteiger partial charge in [0.15, 0.2) is 5.82 Å². The lowest BCUT2D eigenvalue weighted by Gasteiger charge is -2.07. The summed E-state index contributed by atoms with van der Waals surface area (Å²) < 4.78 is 5.67. The highest BCUT2D eigenvalue weighted by atomic mass is 35.5. The Hall–Kier alpha value is -2.46. The van der Waals surface area contributed by atoms with E-state index in [2.05, 4.69) is 15.0 Å². The second-order valence-corrected chi connectivity index (χ2v) is 4.73. The molecular formula is C16H12ClN3O. The van der Waals surface area contributed by atoms with Crippen LogP contribution in [-0.4, -0.2) is 15.0 Å². The van der Waals surface area contributed by atoms with Crippen LogP contribution in [0, 0.1) is 0 Å². The van der Waals surface area contributed by atoms with Crippen molar-refractivity contribution in [2.75, 3.05) is 0 Å². The molecule has 2 aromatic heterocycles. The highest BCUT2D eigenvalue weighted by Gasteiger charge is 2.07. The molecule has 0 aliphatic rings. The van der Waals surface area contributed by atoms with Crippen molar-refractivity contribution in [3.63, 3.8) is 0 Å². The molecule has 3 aromatic rings. The largest absolute Gasteiger partial charge is 0.473 e. The van der Waals surface area contributed by atoms with Gasteiger partial charge in [0.1, 0.15) is 17.5 Å². The van der Waals surface area contributed by atoms with E-state index in [1.807, 2.05) is 48.5 Å². The fourth-order valence-corrected chi connectivity index (χ4v) is 1.99. The predicted octanol–water partition coefficient (Wildman–Crippen LogP) is 3.77. The summed E-state index contributed by atoms with van der Waals surface area (Å²) >= 11 is 6.02. The second kappa shape index (κ2) is 6.33. The van der Waals surface area contributed by atoms with Crippen molar-refractivity contribution in [2.24, 2.45) is 0 Å². The Bertz CT molecular complexity index is 720. The van der Waals surface area contributed by atoms with Crippen LogP contribution in [0.4, 0.5) is 0 Å². The summed E-state index contributed by atoms with van der Waals surface area (Å²) in [5.74, 6) is 0.880. The molecule has 2 heterocycles. The highest BCUT2D eigenvalue weighted by molar-refractivity contribution is 6.29. The Morgan fingerprint density at radius 2 is 1.76 bits per heavy atom. The fourth-order valence-electron chi connectivity index (χ4n) is 1.81. The number of rotatable bonds is 4. The van der Waals surface area contributed by atoms with Gasteiger partial charge in [-0.2, -0.15) is 4.98 Å². The molecule has 0 radical (unpaired) electrons. The molecule has 0 spiro atoms. The number of halogens is 1. The van der Waals surface area contributed by atoms with Crippen molar-refractivity contribution in [3.8, 4) is 17.4 Å². The average molecular weight is 298 g/mol. The van der Waals surface area contributed by atoms with Gasteiger partial charge >= 0.3 is 0 Å². The fraction of sp³-hybridized carbons (Fsp3) is 0.0625. The molecular weight excluding hydrogens is 286 g/mol. The number of pyridine rings is 1. The van der Waals surface area contributed by atoms with Crippen LogP contribution in [0.5, 0.6) is 5.88 Å². The number of ether oxygens (including phenoxy) is 1. The van der Waals surface area contributed by atoms with Crippen LogP contribution in [0.25, 0.3) is 11.5 Å². The van der Waals surface area contributed by atoms with E-state index in [1.165, 1.54) is 0 Å². The lowest BCUT2D eigenvalue weighted by Crippen LogP contribution is -2.00. The zero-order chi connectivity index (χ0) is 14.5. The minimum atomic E-state index is 0.328. The normalized spacial score (nSPS) is 10.3. The molecule has 0 saturated carbocycles. The molecule has 0 aliphatic heterocycles. The van der Waals surface area contributed by atoms with Crippen LogP contribution in [0.2, 0.25) is 5.15 Å². The maximum Gasteiger partial charge on any atom is 0.218 e. The first kappa shape index (κ1) is 13.5. The first-order valence-corrected chi connectivity index (χ1v) is 6.82. The maximum absolute atomic E-state index is 6.02. The number of benzene rings is 1. The zero-order valence-electron chi connectivity index (χ0n) is 11.1. The van der Waals surface area contributed by atoms with Crippen LogP contribution in [0.15, 0.2) is 60.8 Å². The van der Waals surface area contributed by atoms with E-state index < -0.39 is 0 Å². The van der Waals surface area contributed by atoms with Crippen LogP contribution < -0.4 is 4.74 Å². The Balaban J connectivity index is 1.82. The van der Waals surface area contributed by atoms with E-state index in [0.717, 1.165) is 5.56 Å². The third kappa shape index (κ3) is 3.55. The van der Waals surface area contributed by atoms with Gasteiger partial charge in [0.05, 0.1) is 0 Å². The topological polar surface area (TPSA) is 47.9 Å². The molecule has 0 unspecified atom stereocenters. The van der Waals surface area contributed by atoms with Crippen molar-refractivity contribution < 1.29 is 4.74 Å². The first-order chi connectivity index (χ1) is 10.3. The minimum absolute atomic E-state index is 0.328. The van der Waals surface area contributed by atoms with Gasteiger partial charge in [-0.25, -0.2) is 4.98 Å². The first-order valence-electron chi connectivity index (χ1n) is 6.44. The van der Waals surface area contributed by atoms with Gasteiger partial charge in [-0.1, -0.05) is 48.0 Å². The molecule has 0 fully saturated rings. The monoisotopic (exact) mass is 297 g/mol. The van der Waals surface area contributed by atoms with Gasteiger partial charge in [0, 0.05) is 12.3 Å². The second-order valence-electron chi connectivity index (χ2n) is 4.34. The molecule has 0 atom stereocenters. The molecule has 5 heteroatoms. The van der Waals surface area contributed by atoms with Gasteiger partial charge in [0.25, 0.3) is 0 Å². The quantitative estimate of drug-likeness (QED) is 0.688. The lowest BCUT2D eigenvalue weighted by atomic mass is 10.2. The summed E-state index contributed by atoms with van der Waals surface area (Å²) in [6.07, 6.45) is 1.68. The van der Waals surface area contributed by atoms with Crippen LogP contribution in [-0.2, 0) is 6.61 Å². The molecule has 21 heavy (non-hydrogen) atoms. The van der Waals surface area contributed by atoms with E-state index in [0.29, 0.717) is 29.2 Å². The molecule has 0 aliphatic carbocycles. The summed E-state index contributed by atoms with van der Waals surface area (Å²) in [7, 11) is 0. The molecule has 0 N–H and O–H groups in total. The number of nitrogens with zero attached hydrogens (tertiary/aromatic N) is 3. The molecule has 0 bridgehead atoms. The van der Waals surface area contributed by atoms with Gasteiger partial charge < -0.3 is 4.74 Å². The number of hydrogen-bond acceptors (Lipinski definition) is 4. The Morgan fingerprint density at radius 3 is 2.52 bits per heavy atom. The van der Waals surface area contributed by atoms with E-state index >= 15 is 0 Å². The molecule has 4 nitrogen and oxygen atoms in total. The molecule has 1 aromatic carbocycles. The molecule has 0 amide bonds. The van der Waals surface area contributed by atoms with Crippen molar-refractivity contribution in [2.45, 2.75) is 6.61 Å². The summed E-state index contributed by atoms with van der Waals surface area (Å²) in [5, 5.41) is 0.328. The zero-order valence-corrected chi connectivity index (χ0v) is 11.9. The van der Waals surface area contributed by atoms with E-state index in [-0.39, 0.29) is 0 Å². The molecule has 3 rings (SSSR count). The summed E-state index contributed by atoms with van der Waals surface area (Å²) in [4.78, 5) is 12.7. The minimum Gasteiger partial charge on any atom is -0.473 e. The van der Waals surface area contributed by atoms with Gasteiger partial charge in [0.2, 0.25) is 5.88 Å². The van der Waals surface area contributed by atoms with E-state index in [9.17, 15) is 0 Å². The highest BCUT2D eigenvalue weighted by Crippen LogP contribution is 2.20. The van der Waals surface area contributed by atoms with E-state index in [1.54, 1.807) is 12.3 Å². The van der Waals surface area contributed by atoms with Gasteiger partial charge in [-0.05, 0) is 17.7 Å². The average Bonchev–Trinajstić information content (AvgIpc) is 2.54. The van der Waals surface area contributed by atoms with Gasteiger partial charge in [-0.15, -0.1) is 0 Å². The van der Waals surface area contributed by atoms with Crippen molar-refractivity contribution in [1.29, 1.82) is 0 Å². The van der Waals surface area contributed by atoms with Gasteiger partial charge in [-0.3, -0.25) is 4.98 Å². The maximum atomic E-state index is 6.02. The van der Waals surface area contributed by atoms with Crippen molar-refractivity contribution >= 4 is 11.6 Å². The number of hydrogen-bond donors (Lipinski definition) is 0. The number of aromatic nitrogens is 3. The van der Waals surface area contributed by atoms with Crippen LogP contribution >= 0.6 is 11.6 Å². The Kier molecular flexibility index (Phi) is 4.07. The lowest BCUT2D eigenvalue weighted by molar-refractivity contribution is 0.293. The van der Waals surface area contributed by atoms with Crippen LogP contribution in [0.1, 0.15) is 5.56 Å².